The van der Waals surface area contributed by atoms with Crippen LogP contribution in [0.15, 0.2) is 41.7 Å². The van der Waals surface area contributed by atoms with Gasteiger partial charge in [-0.25, -0.2) is 9.98 Å². The van der Waals surface area contributed by atoms with Gasteiger partial charge in [0.05, 0.1) is 6.54 Å². The summed E-state index contributed by atoms with van der Waals surface area (Å²) < 4.78 is 2.15. The number of carbonyl (C=O) groups is 1. The molecule has 0 atom stereocenters. The van der Waals surface area contributed by atoms with E-state index in [0.29, 0.717) is 18.9 Å². The van der Waals surface area contributed by atoms with Gasteiger partial charge in [0.15, 0.2) is 5.96 Å². The molecule has 0 bridgehead atoms. The van der Waals surface area contributed by atoms with Crippen molar-refractivity contribution in [1.29, 1.82) is 0 Å². The molecule has 1 aliphatic heterocycles. The molecule has 30 heavy (non-hydrogen) atoms. The third-order valence-electron chi connectivity index (χ3n) is 5.68. The van der Waals surface area contributed by atoms with Crippen molar-refractivity contribution in [3.63, 3.8) is 0 Å². The van der Waals surface area contributed by atoms with Gasteiger partial charge in [-0.15, -0.1) is 0 Å². The van der Waals surface area contributed by atoms with Gasteiger partial charge in [0, 0.05) is 52.0 Å². The Labute approximate surface area is 179 Å². The van der Waals surface area contributed by atoms with Crippen molar-refractivity contribution in [1.82, 2.24) is 25.1 Å². The van der Waals surface area contributed by atoms with Crippen LogP contribution in [0.4, 0.5) is 0 Å². The Bertz CT molecular complexity index is 851. The highest BCUT2D eigenvalue weighted by atomic mass is 16.1. The van der Waals surface area contributed by atoms with E-state index in [1.807, 2.05) is 19.3 Å². The van der Waals surface area contributed by atoms with E-state index in [1.165, 1.54) is 11.1 Å². The summed E-state index contributed by atoms with van der Waals surface area (Å²) in [6.07, 6.45) is 6.53. The van der Waals surface area contributed by atoms with Crippen molar-refractivity contribution in [3.05, 3.63) is 53.6 Å². The maximum Gasteiger partial charge on any atom is 0.220 e. The lowest BCUT2D eigenvalue weighted by atomic mass is 9.93. The van der Waals surface area contributed by atoms with Crippen LogP contribution in [-0.4, -0.2) is 53.0 Å². The van der Waals surface area contributed by atoms with Crippen molar-refractivity contribution in [3.8, 4) is 0 Å². The number of aliphatic imine (C=N–C) groups is 1. The Hall–Kier alpha value is -2.83. The van der Waals surface area contributed by atoms with Gasteiger partial charge in [0.2, 0.25) is 5.91 Å². The van der Waals surface area contributed by atoms with E-state index in [0.717, 1.165) is 50.8 Å². The number of hydrogen-bond acceptors (Lipinski definition) is 3. The molecule has 1 aromatic carbocycles. The molecule has 1 aromatic heterocycles. The number of amides is 1. The maximum atomic E-state index is 11.6. The number of nitrogens with one attached hydrogen (secondary N) is 2. The number of aromatic nitrogens is 2. The molecule has 0 spiro atoms. The lowest BCUT2D eigenvalue weighted by Gasteiger charge is -2.34. The molecule has 1 aliphatic rings. The van der Waals surface area contributed by atoms with Crippen LogP contribution in [0.3, 0.4) is 0 Å². The van der Waals surface area contributed by atoms with E-state index in [9.17, 15) is 4.79 Å². The quantitative estimate of drug-likeness (QED) is 0.543. The highest BCUT2D eigenvalue weighted by molar-refractivity contribution is 5.80. The molecular weight excluding hydrogens is 376 g/mol. The first kappa shape index (κ1) is 21.9. The second-order valence-electron chi connectivity index (χ2n) is 7.90. The van der Waals surface area contributed by atoms with Gasteiger partial charge in [-0.3, -0.25) is 4.79 Å². The minimum atomic E-state index is 0.139. The second-order valence-corrected chi connectivity index (χ2v) is 7.90. The van der Waals surface area contributed by atoms with Gasteiger partial charge in [-0.05, 0) is 43.7 Å². The van der Waals surface area contributed by atoms with Crippen molar-refractivity contribution < 1.29 is 4.79 Å². The first-order chi connectivity index (χ1) is 14.6. The molecule has 0 saturated carbocycles. The van der Waals surface area contributed by atoms with Gasteiger partial charge < -0.3 is 20.1 Å². The Morgan fingerprint density at radius 1 is 1.27 bits per heavy atom. The number of likely N-dealkylation sites (tertiary alicyclic amines) is 1. The summed E-state index contributed by atoms with van der Waals surface area (Å²) in [7, 11) is 1.71. The monoisotopic (exact) mass is 410 g/mol. The third kappa shape index (κ3) is 6.08. The molecule has 7 heteroatoms. The van der Waals surface area contributed by atoms with E-state index in [-0.39, 0.29) is 5.91 Å². The number of carbonyl (C=O) groups excluding carboxylic acids is 1. The highest BCUT2D eigenvalue weighted by Gasteiger charge is 2.23. The zero-order valence-corrected chi connectivity index (χ0v) is 18.4. The van der Waals surface area contributed by atoms with E-state index in [2.05, 4.69) is 56.3 Å². The van der Waals surface area contributed by atoms with E-state index in [4.69, 9.17) is 4.99 Å². The van der Waals surface area contributed by atoms with Crippen LogP contribution in [0, 0.1) is 12.8 Å². The molecule has 1 fully saturated rings. The summed E-state index contributed by atoms with van der Waals surface area (Å²) in [4.78, 5) is 23.2. The number of aryl methyl sites for hydroxylation is 1. The van der Waals surface area contributed by atoms with Crippen LogP contribution in [0.5, 0.6) is 0 Å². The summed E-state index contributed by atoms with van der Waals surface area (Å²) in [5.41, 5.74) is 2.46. The molecule has 0 unspecified atom stereocenters. The minimum Gasteiger partial charge on any atom is -0.359 e. The largest absolute Gasteiger partial charge is 0.359 e. The number of piperidine rings is 1. The molecule has 1 amide bonds. The Morgan fingerprint density at radius 3 is 2.70 bits per heavy atom. The molecule has 2 N–H and O–H groups in total. The number of hydrogen-bond donors (Lipinski definition) is 2. The van der Waals surface area contributed by atoms with Gasteiger partial charge in [0.1, 0.15) is 5.82 Å². The first-order valence-electron chi connectivity index (χ1n) is 10.9. The molecule has 0 aliphatic carbocycles. The fourth-order valence-corrected chi connectivity index (χ4v) is 3.90. The van der Waals surface area contributed by atoms with Crippen LogP contribution < -0.4 is 10.6 Å². The van der Waals surface area contributed by atoms with E-state index >= 15 is 0 Å². The minimum absolute atomic E-state index is 0.139. The second kappa shape index (κ2) is 10.8. The zero-order valence-electron chi connectivity index (χ0n) is 18.4. The van der Waals surface area contributed by atoms with Crippen molar-refractivity contribution in [2.45, 2.75) is 46.2 Å². The number of rotatable bonds is 7. The predicted octanol–water partition coefficient (Wildman–Crippen LogP) is 2.55. The van der Waals surface area contributed by atoms with Crippen molar-refractivity contribution in [2.24, 2.45) is 10.9 Å². The maximum absolute atomic E-state index is 11.6. The standard InChI is InChI=1S/C23H34N6O/c1-4-25-23(28-11-8-19(9-12-28)15-22(30)24-3)27-16-20-6-5-7-21(14-20)17-29-13-10-26-18(29)2/h5-7,10,13-14,19H,4,8-9,11-12,15-17H2,1-3H3,(H,24,30)(H,25,27). The zero-order chi connectivity index (χ0) is 21.3. The van der Waals surface area contributed by atoms with Crippen LogP contribution in [-0.2, 0) is 17.9 Å². The molecular formula is C23H34N6O. The molecule has 2 heterocycles. The molecule has 3 rings (SSSR count). The molecule has 1 saturated heterocycles. The normalized spacial score (nSPS) is 15.3. The van der Waals surface area contributed by atoms with Crippen molar-refractivity contribution in [2.75, 3.05) is 26.7 Å². The smallest absolute Gasteiger partial charge is 0.220 e. The van der Waals surface area contributed by atoms with Gasteiger partial charge >= 0.3 is 0 Å². The number of guanidine groups is 1. The SMILES string of the molecule is CCNC(=NCc1cccc(Cn2ccnc2C)c1)N1CCC(CC(=O)NC)CC1. The third-order valence-corrected chi connectivity index (χ3v) is 5.68. The van der Waals surface area contributed by atoms with Crippen molar-refractivity contribution >= 4 is 11.9 Å². The number of nitrogens with zero attached hydrogens (tertiary/aromatic N) is 4. The number of imidazole rings is 1. The fourth-order valence-electron chi connectivity index (χ4n) is 3.90. The summed E-state index contributed by atoms with van der Waals surface area (Å²) in [6, 6.07) is 8.60. The van der Waals surface area contributed by atoms with E-state index in [1.54, 1.807) is 7.05 Å². The average molecular weight is 411 g/mol. The predicted molar refractivity (Wildman–Crippen MR) is 120 cm³/mol. The van der Waals surface area contributed by atoms with Gasteiger partial charge in [-0.1, -0.05) is 24.3 Å². The lowest BCUT2D eigenvalue weighted by Crippen LogP contribution is -2.46. The summed E-state index contributed by atoms with van der Waals surface area (Å²) in [5.74, 6) is 2.59. The summed E-state index contributed by atoms with van der Waals surface area (Å²) >= 11 is 0. The van der Waals surface area contributed by atoms with Gasteiger partial charge in [0.25, 0.3) is 0 Å². The van der Waals surface area contributed by atoms with Crippen LogP contribution in [0.1, 0.15) is 43.1 Å². The fraction of sp³-hybridized carbons (Fsp3) is 0.522. The van der Waals surface area contributed by atoms with E-state index < -0.39 is 0 Å². The van der Waals surface area contributed by atoms with Crippen LogP contribution >= 0.6 is 0 Å². The average Bonchev–Trinajstić information content (AvgIpc) is 3.16. The van der Waals surface area contributed by atoms with Crippen LogP contribution in [0.25, 0.3) is 0 Å². The molecule has 2 aromatic rings. The number of benzene rings is 1. The Morgan fingerprint density at radius 2 is 2.03 bits per heavy atom. The van der Waals surface area contributed by atoms with Crippen LogP contribution in [0.2, 0.25) is 0 Å². The lowest BCUT2D eigenvalue weighted by molar-refractivity contribution is -0.121. The van der Waals surface area contributed by atoms with Gasteiger partial charge in [-0.2, -0.15) is 0 Å². The summed E-state index contributed by atoms with van der Waals surface area (Å²) in [6.45, 7) is 8.31. The topological polar surface area (TPSA) is 74.5 Å². The summed E-state index contributed by atoms with van der Waals surface area (Å²) in [5, 5.41) is 6.16. The molecule has 162 valence electrons. The highest BCUT2D eigenvalue weighted by Crippen LogP contribution is 2.20. The molecule has 7 nitrogen and oxygen atoms in total. The Kier molecular flexibility index (Phi) is 7.88. The molecule has 0 radical (unpaired) electrons. The Balaban J connectivity index is 1.60. The first-order valence-corrected chi connectivity index (χ1v) is 10.9.